The van der Waals surface area contributed by atoms with E-state index in [2.05, 4.69) is 21.2 Å². The molecule has 0 aliphatic rings. The first-order valence-electron chi connectivity index (χ1n) is 11.8. The fraction of sp³-hybridized carbons (Fsp3) is 0.100. The Hall–Kier alpha value is -3.81. The molecule has 5 rings (SSSR count). The number of fused-ring (bicyclic) bond motifs is 1. The van der Waals surface area contributed by atoms with Crippen molar-refractivity contribution in [3.63, 3.8) is 0 Å². The minimum Gasteiger partial charge on any atom is -0.462 e. The van der Waals surface area contributed by atoms with E-state index in [1.165, 1.54) is 11.3 Å². The van der Waals surface area contributed by atoms with Crippen LogP contribution in [0, 0.1) is 6.92 Å². The van der Waals surface area contributed by atoms with Crippen molar-refractivity contribution in [3.8, 4) is 22.4 Å². The average molecular weight is 571 g/mol. The molecule has 0 bridgehead atoms. The van der Waals surface area contributed by atoms with Gasteiger partial charge in [-0.25, -0.2) is 9.78 Å². The lowest BCUT2D eigenvalue weighted by molar-refractivity contribution is 0.0529. The molecule has 0 unspecified atom stereocenters. The number of aryl methyl sites for hydroxylation is 1. The molecule has 37 heavy (non-hydrogen) atoms. The van der Waals surface area contributed by atoms with Gasteiger partial charge < -0.3 is 10.1 Å². The summed E-state index contributed by atoms with van der Waals surface area (Å²) < 4.78 is 6.28. The number of nitrogens with zero attached hydrogens (tertiary/aromatic N) is 1. The van der Waals surface area contributed by atoms with Gasteiger partial charge >= 0.3 is 5.97 Å². The van der Waals surface area contributed by atoms with E-state index in [4.69, 9.17) is 9.72 Å². The number of esters is 1. The monoisotopic (exact) mass is 570 g/mol. The van der Waals surface area contributed by atoms with E-state index in [0.29, 0.717) is 27.3 Å². The van der Waals surface area contributed by atoms with Gasteiger partial charge in [0.05, 0.1) is 23.4 Å². The molecular weight excluding hydrogens is 548 g/mol. The molecule has 5 nitrogen and oxygen atoms in total. The first-order chi connectivity index (χ1) is 17.9. The molecule has 0 saturated carbocycles. The maximum absolute atomic E-state index is 13.7. The zero-order valence-electron chi connectivity index (χ0n) is 20.2. The number of anilines is 1. The molecule has 0 spiro atoms. The SMILES string of the molecule is CCOC(=O)c1c(-c2ccc(C)cc2)csc1NC(=O)c1cc(-c2cccc(Br)c2)nc2ccccc12. The van der Waals surface area contributed by atoms with Crippen LogP contribution < -0.4 is 5.32 Å². The summed E-state index contributed by atoms with van der Waals surface area (Å²) in [5.74, 6) is -0.790. The van der Waals surface area contributed by atoms with Gasteiger partial charge in [0.25, 0.3) is 5.91 Å². The third kappa shape index (κ3) is 5.19. The molecule has 0 saturated heterocycles. The van der Waals surface area contributed by atoms with Gasteiger partial charge in [-0.15, -0.1) is 11.3 Å². The number of para-hydroxylation sites is 1. The van der Waals surface area contributed by atoms with Crippen molar-refractivity contribution in [1.82, 2.24) is 4.98 Å². The number of ether oxygens (including phenoxy) is 1. The van der Waals surface area contributed by atoms with E-state index in [-0.39, 0.29) is 12.5 Å². The number of pyridine rings is 1. The second-order valence-corrected chi connectivity index (χ2v) is 10.3. The number of halogens is 1. The predicted molar refractivity (Wildman–Crippen MR) is 153 cm³/mol. The fourth-order valence-electron chi connectivity index (χ4n) is 4.13. The van der Waals surface area contributed by atoms with Crippen LogP contribution in [-0.4, -0.2) is 23.5 Å². The van der Waals surface area contributed by atoms with Gasteiger partial charge in [-0.05, 0) is 43.7 Å². The van der Waals surface area contributed by atoms with E-state index in [0.717, 1.165) is 32.1 Å². The highest BCUT2D eigenvalue weighted by Gasteiger charge is 2.24. The Balaban J connectivity index is 1.58. The second kappa shape index (κ2) is 10.7. The standard InChI is InChI=1S/C30H23BrN2O3S/c1-3-36-30(35)27-24(19-13-11-18(2)12-14-19)17-37-29(27)33-28(34)23-16-26(20-7-6-8-21(31)15-20)32-25-10-5-4-9-22(23)25/h4-17H,3H2,1-2H3,(H,33,34). The van der Waals surface area contributed by atoms with E-state index >= 15 is 0 Å². The van der Waals surface area contributed by atoms with Crippen LogP contribution in [0.5, 0.6) is 0 Å². The predicted octanol–water partition coefficient (Wildman–Crippen LogP) is 8.13. The average Bonchev–Trinajstić information content (AvgIpc) is 3.32. The molecule has 2 aromatic heterocycles. The van der Waals surface area contributed by atoms with Gasteiger partial charge in [-0.2, -0.15) is 0 Å². The number of amides is 1. The fourth-order valence-corrected chi connectivity index (χ4v) is 5.48. The molecule has 2 heterocycles. The molecule has 0 aliphatic carbocycles. The van der Waals surface area contributed by atoms with Crippen molar-refractivity contribution < 1.29 is 14.3 Å². The summed E-state index contributed by atoms with van der Waals surface area (Å²) in [5.41, 5.74) is 5.85. The zero-order chi connectivity index (χ0) is 25.9. The quantitative estimate of drug-likeness (QED) is 0.209. The summed E-state index contributed by atoms with van der Waals surface area (Å²) in [6.45, 7) is 4.01. The molecular formula is C30H23BrN2O3S. The topological polar surface area (TPSA) is 68.3 Å². The third-order valence-electron chi connectivity index (χ3n) is 5.94. The Bertz CT molecular complexity index is 1630. The number of hydrogen-bond donors (Lipinski definition) is 1. The van der Waals surface area contributed by atoms with Crippen molar-refractivity contribution in [2.45, 2.75) is 13.8 Å². The largest absolute Gasteiger partial charge is 0.462 e. The summed E-state index contributed by atoms with van der Waals surface area (Å²) in [5, 5.41) is 6.05. The van der Waals surface area contributed by atoms with E-state index in [1.54, 1.807) is 13.0 Å². The molecule has 3 aromatic carbocycles. The van der Waals surface area contributed by atoms with Crippen LogP contribution in [0.3, 0.4) is 0 Å². The Kier molecular flexibility index (Phi) is 7.17. The third-order valence-corrected chi connectivity index (χ3v) is 7.33. The van der Waals surface area contributed by atoms with Crippen LogP contribution in [-0.2, 0) is 4.74 Å². The lowest BCUT2D eigenvalue weighted by Gasteiger charge is -2.12. The van der Waals surface area contributed by atoms with E-state index in [9.17, 15) is 9.59 Å². The van der Waals surface area contributed by atoms with Gasteiger partial charge in [0.2, 0.25) is 0 Å². The van der Waals surface area contributed by atoms with Crippen LogP contribution in [0.15, 0.2) is 88.7 Å². The van der Waals surface area contributed by atoms with Crippen LogP contribution >= 0.6 is 27.3 Å². The number of benzene rings is 3. The van der Waals surface area contributed by atoms with E-state index < -0.39 is 5.97 Å². The molecule has 0 fully saturated rings. The van der Waals surface area contributed by atoms with E-state index in [1.807, 2.05) is 85.1 Å². The minimum absolute atomic E-state index is 0.236. The van der Waals surface area contributed by atoms with Crippen molar-refractivity contribution in [3.05, 3.63) is 105 Å². The van der Waals surface area contributed by atoms with Gasteiger partial charge in [0.1, 0.15) is 10.6 Å². The Labute approximate surface area is 227 Å². The first-order valence-corrected chi connectivity index (χ1v) is 13.4. The maximum atomic E-state index is 13.7. The van der Waals surface area contributed by atoms with Crippen LogP contribution in [0.25, 0.3) is 33.3 Å². The molecule has 7 heteroatoms. The highest BCUT2D eigenvalue weighted by molar-refractivity contribution is 9.10. The van der Waals surface area contributed by atoms with Crippen LogP contribution in [0.1, 0.15) is 33.2 Å². The Morgan fingerprint density at radius 3 is 2.51 bits per heavy atom. The molecule has 0 aliphatic heterocycles. The number of aromatic nitrogens is 1. The number of hydrogen-bond acceptors (Lipinski definition) is 5. The molecule has 184 valence electrons. The number of rotatable bonds is 6. The lowest BCUT2D eigenvalue weighted by Crippen LogP contribution is -2.15. The van der Waals surface area contributed by atoms with Crippen LogP contribution in [0.2, 0.25) is 0 Å². The van der Waals surface area contributed by atoms with Gasteiger partial charge in [-0.1, -0.05) is 76.1 Å². The zero-order valence-corrected chi connectivity index (χ0v) is 22.7. The van der Waals surface area contributed by atoms with Crippen LogP contribution in [0.4, 0.5) is 5.00 Å². The molecule has 0 atom stereocenters. The highest BCUT2D eigenvalue weighted by atomic mass is 79.9. The summed E-state index contributed by atoms with van der Waals surface area (Å²) in [7, 11) is 0. The summed E-state index contributed by atoms with van der Waals surface area (Å²) >= 11 is 4.82. The van der Waals surface area contributed by atoms with Crippen molar-refractivity contribution in [1.29, 1.82) is 0 Å². The molecule has 1 amide bonds. The normalized spacial score (nSPS) is 10.9. The minimum atomic E-state index is -0.468. The Morgan fingerprint density at radius 1 is 0.973 bits per heavy atom. The number of carbonyl (C=O) groups is 2. The van der Waals surface area contributed by atoms with Gasteiger partial charge in [0.15, 0.2) is 0 Å². The Morgan fingerprint density at radius 2 is 1.76 bits per heavy atom. The smallest absolute Gasteiger partial charge is 0.341 e. The van der Waals surface area contributed by atoms with Crippen molar-refractivity contribution in [2.24, 2.45) is 0 Å². The van der Waals surface area contributed by atoms with Gasteiger partial charge in [-0.3, -0.25) is 4.79 Å². The summed E-state index contributed by atoms with van der Waals surface area (Å²) in [4.78, 5) is 31.5. The lowest BCUT2D eigenvalue weighted by atomic mass is 10.0. The molecule has 1 N–H and O–H groups in total. The number of thiophene rings is 1. The second-order valence-electron chi connectivity index (χ2n) is 8.48. The molecule has 5 aromatic rings. The number of nitrogens with one attached hydrogen (secondary N) is 1. The highest BCUT2D eigenvalue weighted by Crippen LogP contribution is 2.37. The first kappa shape index (κ1) is 24.9. The van der Waals surface area contributed by atoms with Gasteiger partial charge in [0, 0.05) is 26.4 Å². The number of carbonyl (C=O) groups excluding carboxylic acids is 2. The van der Waals surface area contributed by atoms with Crippen molar-refractivity contribution in [2.75, 3.05) is 11.9 Å². The summed E-state index contributed by atoms with van der Waals surface area (Å²) in [6.07, 6.45) is 0. The summed E-state index contributed by atoms with van der Waals surface area (Å²) in [6, 6.07) is 25.0. The maximum Gasteiger partial charge on any atom is 0.341 e. The van der Waals surface area contributed by atoms with Crippen molar-refractivity contribution >= 4 is 55.0 Å². The molecule has 0 radical (unpaired) electrons.